The molecule has 3 N–H and O–H groups in total. The van der Waals surface area contributed by atoms with E-state index in [1.165, 1.54) is 18.1 Å². The van der Waals surface area contributed by atoms with E-state index >= 15 is 0 Å². The number of fused-ring (bicyclic) bond motifs is 2. The minimum absolute atomic E-state index is 0.0924. The molecule has 0 atom stereocenters. The number of ether oxygens (including phenoxy) is 1. The fourth-order valence-electron chi connectivity index (χ4n) is 4.36. The van der Waals surface area contributed by atoms with Gasteiger partial charge in [0.15, 0.2) is 0 Å². The molecule has 0 spiro atoms. The van der Waals surface area contributed by atoms with Gasteiger partial charge >= 0.3 is 0 Å². The van der Waals surface area contributed by atoms with Crippen LogP contribution >= 0.6 is 0 Å². The van der Waals surface area contributed by atoms with Crippen LogP contribution in [0.1, 0.15) is 23.6 Å². The SMILES string of the molecule is COc1cc2c(cc1Nc1ncc3ccc(-c4cc(NC(C)=O)ccc4C)cc3n1)CNCC2. The molecule has 1 aliphatic rings. The summed E-state index contributed by atoms with van der Waals surface area (Å²) in [4.78, 5) is 20.8. The van der Waals surface area contributed by atoms with Gasteiger partial charge in [-0.3, -0.25) is 4.79 Å². The topological polar surface area (TPSA) is 88.2 Å². The van der Waals surface area contributed by atoms with Crippen molar-refractivity contribution in [1.29, 1.82) is 0 Å². The lowest BCUT2D eigenvalue weighted by Crippen LogP contribution is -2.23. The van der Waals surface area contributed by atoms with Gasteiger partial charge in [0.05, 0.1) is 18.3 Å². The minimum Gasteiger partial charge on any atom is -0.495 e. The van der Waals surface area contributed by atoms with E-state index in [0.29, 0.717) is 5.95 Å². The summed E-state index contributed by atoms with van der Waals surface area (Å²) < 4.78 is 5.63. The quantitative estimate of drug-likeness (QED) is 0.396. The molecule has 0 bridgehead atoms. The lowest BCUT2D eigenvalue weighted by atomic mass is 9.99. The van der Waals surface area contributed by atoms with E-state index in [4.69, 9.17) is 9.72 Å². The van der Waals surface area contributed by atoms with Gasteiger partial charge in [-0.25, -0.2) is 9.97 Å². The van der Waals surface area contributed by atoms with Crippen LogP contribution in [0.25, 0.3) is 22.0 Å². The summed E-state index contributed by atoms with van der Waals surface area (Å²) in [5.74, 6) is 1.20. The molecule has 0 radical (unpaired) electrons. The molecular formula is C27H27N5O2. The Morgan fingerprint density at radius 1 is 1.09 bits per heavy atom. The number of anilines is 3. The second-order valence-electron chi connectivity index (χ2n) is 8.55. The zero-order chi connectivity index (χ0) is 23.7. The highest BCUT2D eigenvalue weighted by atomic mass is 16.5. The number of aromatic nitrogens is 2. The van der Waals surface area contributed by atoms with Gasteiger partial charge in [0.25, 0.3) is 0 Å². The van der Waals surface area contributed by atoms with Gasteiger partial charge in [0, 0.05) is 30.7 Å². The van der Waals surface area contributed by atoms with Crippen LogP contribution in [0.15, 0.2) is 54.7 Å². The lowest BCUT2D eigenvalue weighted by molar-refractivity contribution is -0.114. The fourth-order valence-corrected chi connectivity index (χ4v) is 4.36. The van der Waals surface area contributed by atoms with Crippen LogP contribution in [-0.4, -0.2) is 29.5 Å². The molecule has 2 heterocycles. The normalized spacial score (nSPS) is 12.8. The van der Waals surface area contributed by atoms with Gasteiger partial charge in [-0.15, -0.1) is 0 Å². The molecule has 4 aromatic rings. The van der Waals surface area contributed by atoms with Crippen molar-refractivity contribution in [3.63, 3.8) is 0 Å². The van der Waals surface area contributed by atoms with E-state index in [9.17, 15) is 4.79 Å². The third kappa shape index (κ3) is 4.43. The Morgan fingerprint density at radius 3 is 2.79 bits per heavy atom. The van der Waals surface area contributed by atoms with Crippen molar-refractivity contribution in [2.24, 2.45) is 0 Å². The monoisotopic (exact) mass is 453 g/mol. The summed E-state index contributed by atoms with van der Waals surface area (Å²) in [7, 11) is 1.68. The largest absolute Gasteiger partial charge is 0.495 e. The van der Waals surface area contributed by atoms with Crippen LogP contribution < -0.4 is 20.7 Å². The predicted octanol–water partition coefficient (Wildman–Crippen LogP) is 4.96. The number of rotatable bonds is 5. The maximum absolute atomic E-state index is 11.5. The Balaban J connectivity index is 1.49. The van der Waals surface area contributed by atoms with Crippen molar-refractivity contribution in [3.8, 4) is 16.9 Å². The number of nitrogens with zero attached hydrogens (tertiary/aromatic N) is 2. The van der Waals surface area contributed by atoms with E-state index < -0.39 is 0 Å². The van der Waals surface area contributed by atoms with Crippen LogP contribution in [0.4, 0.5) is 17.3 Å². The number of carbonyl (C=O) groups excluding carboxylic acids is 1. The van der Waals surface area contributed by atoms with Crippen molar-refractivity contribution in [2.75, 3.05) is 24.3 Å². The predicted molar refractivity (Wildman–Crippen MR) is 136 cm³/mol. The average molecular weight is 454 g/mol. The number of benzene rings is 3. The number of methoxy groups -OCH3 is 1. The first-order chi connectivity index (χ1) is 16.5. The van der Waals surface area contributed by atoms with E-state index in [1.54, 1.807) is 7.11 Å². The minimum atomic E-state index is -0.0924. The van der Waals surface area contributed by atoms with Gasteiger partial charge in [0.1, 0.15) is 5.75 Å². The summed E-state index contributed by atoms with van der Waals surface area (Å²) in [5.41, 5.74) is 8.20. The Morgan fingerprint density at radius 2 is 1.97 bits per heavy atom. The Bertz CT molecular complexity index is 1400. The third-order valence-electron chi connectivity index (χ3n) is 6.11. The molecule has 0 fully saturated rings. The summed E-state index contributed by atoms with van der Waals surface area (Å²) in [6.45, 7) is 5.38. The highest BCUT2D eigenvalue weighted by Gasteiger charge is 2.15. The Kier molecular flexibility index (Phi) is 5.86. The van der Waals surface area contributed by atoms with E-state index in [2.05, 4.69) is 52.1 Å². The van der Waals surface area contributed by atoms with E-state index in [-0.39, 0.29) is 5.91 Å². The smallest absolute Gasteiger partial charge is 0.227 e. The first kappa shape index (κ1) is 21.9. The van der Waals surface area contributed by atoms with Crippen molar-refractivity contribution < 1.29 is 9.53 Å². The fraction of sp³-hybridized carbons (Fsp3) is 0.222. The third-order valence-corrected chi connectivity index (χ3v) is 6.11. The Labute approximate surface area is 198 Å². The second-order valence-corrected chi connectivity index (χ2v) is 8.55. The Hall–Kier alpha value is -3.97. The summed E-state index contributed by atoms with van der Waals surface area (Å²) in [5, 5.41) is 10.6. The average Bonchev–Trinajstić information content (AvgIpc) is 2.84. The van der Waals surface area contributed by atoms with Crippen molar-refractivity contribution >= 4 is 34.1 Å². The molecular weight excluding hydrogens is 426 g/mol. The molecule has 7 nitrogen and oxygen atoms in total. The summed E-state index contributed by atoms with van der Waals surface area (Å²) in [6, 6.07) is 16.2. The molecule has 1 aliphatic heterocycles. The molecule has 0 saturated carbocycles. The molecule has 1 aromatic heterocycles. The van der Waals surface area contributed by atoms with Gasteiger partial charge in [-0.1, -0.05) is 18.2 Å². The van der Waals surface area contributed by atoms with E-state index in [0.717, 1.165) is 64.2 Å². The number of hydrogen-bond acceptors (Lipinski definition) is 6. The number of hydrogen-bond donors (Lipinski definition) is 3. The van der Waals surface area contributed by atoms with Gasteiger partial charge in [-0.05, 0) is 78.0 Å². The van der Waals surface area contributed by atoms with Crippen LogP contribution in [-0.2, 0) is 17.8 Å². The van der Waals surface area contributed by atoms with Crippen molar-refractivity contribution in [3.05, 3.63) is 71.4 Å². The van der Waals surface area contributed by atoms with Crippen molar-refractivity contribution in [1.82, 2.24) is 15.3 Å². The molecule has 172 valence electrons. The zero-order valence-corrected chi connectivity index (χ0v) is 19.5. The number of aryl methyl sites for hydroxylation is 1. The molecule has 0 saturated heterocycles. The summed E-state index contributed by atoms with van der Waals surface area (Å²) >= 11 is 0. The maximum Gasteiger partial charge on any atom is 0.227 e. The first-order valence-corrected chi connectivity index (χ1v) is 11.3. The van der Waals surface area contributed by atoms with Gasteiger partial charge in [0.2, 0.25) is 11.9 Å². The molecule has 34 heavy (non-hydrogen) atoms. The first-order valence-electron chi connectivity index (χ1n) is 11.3. The number of amides is 1. The van der Waals surface area contributed by atoms with Crippen LogP contribution in [0.5, 0.6) is 5.75 Å². The van der Waals surface area contributed by atoms with Gasteiger partial charge < -0.3 is 20.7 Å². The zero-order valence-electron chi connectivity index (χ0n) is 19.5. The van der Waals surface area contributed by atoms with Crippen LogP contribution in [0, 0.1) is 6.92 Å². The molecule has 3 aromatic carbocycles. The van der Waals surface area contributed by atoms with Crippen LogP contribution in [0.3, 0.4) is 0 Å². The number of nitrogens with one attached hydrogen (secondary N) is 3. The highest BCUT2D eigenvalue weighted by molar-refractivity contribution is 5.91. The van der Waals surface area contributed by atoms with Crippen molar-refractivity contribution in [2.45, 2.75) is 26.8 Å². The molecule has 1 amide bonds. The highest BCUT2D eigenvalue weighted by Crippen LogP contribution is 2.33. The second kappa shape index (κ2) is 9.11. The number of carbonyl (C=O) groups is 1. The summed E-state index contributed by atoms with van der Waals surface area (Å²) in [6.07, 6.45) is 2.81. The molecule has 7 heteroatoms. The molecule has 0 aliphatic carbocycles. The lowest BCUT2D eigenvalue weighted by Gasteiger charge is -2.20. The standard InChI is InChI=1S/C27H27N5O2/c1-16-4-7-22(30-17(2)33)13-23(16)19-5-6-20-15-29-27(31-24(20)10-19)32-25-11-21-14-28-9-8-18(21)12-26(25)34-3/h4-7,10-13,15,28H,8-9,14H2,1-3H3,(H,30,33)(H,29,31,32). The molecule has 0 unspecified atom stereocenters. The molecule has 5 rings (SSSR count). The van der Waals surface area contributed by atoms with E-state index in [1.807, 2.05) is 30.5 Å². The van der Waals surface area contributed by atoms with Gasteiger partial charge in [-0.2, -0.15) is 0 Å². The maximum atomic E-state index is 11.5. The van der Waals surface area contributed by atoms with Crippen LogP contribution in [0.2, 0.25) is 0 Å².